The Kier molecular flexibility index (Phi) is 2.32. The van der Waals surface area contributed by atoms with Crippen molar-refractivity contribution in [3.8, 4) is 0 Å². The van der Waals surface area contributed by atoms with Crippen LogP contribution < -0.4 is 0 Å². The van der Waals surface area contributed by atoms with Crippen molar-refractivity contribution in [2.75, 3.05) is 0 Å². The molecule has 2 atom stereocenters. The van der Waals surface area contributed by atoms with Crippen molar-refractivity contribution in [2.45, 2.75) is 38.1 Å². The molecular formula is C14H17N. The first-order chi connectivity index (χ1) is 7.43. The summed E-state index contributed by atoms with van der Waals surface area (Å²) in [5, 5.41) is 0. The van der Waals surface area contributed by atoms with Gasteiger partial charge in [0.25, 0.3) is 0 Å². The summed E-state index contributed by atoms with van der Waals surface area (Å²) in [5.41, 5.74) is 2.69. The average Bonchev–Trinajstić information content (AvgIpc) is 2.74. The quantitative estimate of drug-likeness (QED) is 0.657. The molecular weight excluding hydrogens is 182 g/mol. The standard InChI is InChI=1S/C14H17N/c1-2-6-11(7-3-1)14-10-12-8-4-5-9-13(12)15-14/h1-3,6-7,12-13H,4-5,8-10H2/t12-,13-/m1/s1. The van der Waals surface area contributed by atoms with Crippen LogP contribution in [-0.4, -0.2) is 11.8 Å². The summed E-state index contributed by atoms with van der Waals surface area (Å²) in [7, 11) is 0. The maximum atomic E-state index is 4.90. The molecule has 3 rings (SSSR count). The van der Waals surface area contributed by atoms with Crippen LogP contribution in [0, 0.1) is 5.92 Å². The molecule has 0 bridgehead atoms. The van der Waals surface area contributed by atoms with Gasteiger partial charge in [0.2, 0.25) is 0 Å². The van der Waals surface area contributed by atoms with Crippen LogP contribution in [0.5, 0.6) is 0 Å². The summed E-state index contributed by atoms with van der Waals surface area (Å²) >= 11 is 0. The Balaban J connectivity index is 1.84. The lowest BCUT2D eigenvalue weighted by Crippen LogP contribution is -2.18. The molecule has 0 saturated heterocycles. The van der Waals surface area contributed by atoms with Crippen molar-refractivity contribution in [3.05, 3.63) is 35.9 Å². The van der Waals surface area contributed by atoms with E-state index in [1.807, 2.05) is 0 Å². The molecule has 0 amide bonds. The molecule has 0 aromatic heterocycles. The van der Waals surface area contributed by atoms with Crippen molar-refractivity contribution < 1.29 is 0 Å². The van der Waals surface area contributed by atoms with E-state index < -0.39 is 0 Å². The Hall–Kier alpha value is -1.11. The van der Waals surface area contributed by atoms with E-state index in [1.165, 1.54) is 43.4 Å². The average molecular weight is 199 g/mol. The zero-order valence-corrected chi connectivity index (χ0v) is 9.02. The van der Waals surface area contributed by atoms with Gasteiger partial charge in [-0.15, -0.1) is 0 Å². The molecule has 2 aliphatic rings. The van der Waals surface area contributed by atoms with Crippen LogP contribution in [0.2, 0.25) is 0 Å². The molecule has 1 heteroatoms. The minimum atomic E-state index is 0.647. The Morgan fingerprint density at radius 1 is 1.00 bits per heavy atom. The van der Waals surface area contributed by atoms with Crippen LogP contribution >= 0.6 is 0 Å². The zero-order valence-electron chi connectivity index (χ0n) is 9.02. The van der Waals surface area contributed by atoms with E-state index in [0.29, 0.717) is 6.04 Å². The number of benzene rings is 1. The number of rotatable bonds is 1. The Morgan fingerprint density at radius 3 is 2.60 bits per heavy atom. The van der Waals surface area contributed by atoms with Crippen LogP contribution in [-0.2, 0) is 0 Å². The molecule has 78 valence electrons. The second-order valence-corrected chi connectivity index (χ2v) is 4.76. The van der Waals surface area contributed by atoms with Crippen molar-refractivity contribution >= 4 is 5.71 Å². The smallest absolute Gasteiger partial charge is 0.0535 e. The number of nitrogens with zero attached hydrogens (tertiary/aromatic N) is 1. The molecule has 0 unspecified atom stereocenters. The third-order valence-electron chi connectivity index (χ3n) is 3.75. The van der Waals surface area contributed by atoms with E-state index in [1.54, 1.807) is 0 Å². The lowest BCUT2D eigenvalue weighted by molar-refractivity contribution is 0.337. The van der Waals surface area contributed by atoms with Gasteiger partial charge in [0.1, 0.15) is 0 Å². The van der Waals surface area contributed by atoms with Crippen LogP contribution in [0.3, 0.4) is 0 Å². The maximum absolute atomic E-state index is 4.90. The van der Waals surface area contributed by atoms with Crippen LogP contribution in [0.25, 0.3) is 0 Å². The van der Waals surface area contributed by atoms with Gasteiger partial charge < -0.3 is 0 Å². The van der Waals surface area contributed by atoms with Gasteiger partial charge in [0.05, 0.1) is 6.04 Å². The molecule has 15 heavy (non-hydrogen) atoms. The molecule has 1 aromatic carbocycles. The van der Waals surface area contributed by atoms with Gasteiger partial charge in [-0.1, -0.05) is 43.2 Å². The summed E-state index contributed by atoms with van der Waals surface area (Å²) in [4.78, 5) is 4.90. The molecule has 1 saturated carbocycles. The van der Waals surface area contributed by atoms with Gasteiger partial charge in [-0.05, 0) is 30.7 Å². The minimum Gasteiger partial charge on any atom is -0.286 e. The number of aliphatic imine (C=N–C) groups is 1. The summed E-state index contributed by atoms with van der Waals surface area (Å²) in [6, 6.07) is 11.3. The lowest BCUT2D eigenvalue weighted by atomic mass is 9.84. The van der Waals surface area contributed by atoms with E-state index in [-0.39, 0.29) is 0 Å². The van der Waals surface area contributed by atoms with Crippen LogP contribution in [0.15, 0.2) is 35.3 Å². The minimum absolute atomic E-state index is 0.647. The third kappa shape index (κ3) is 1.71. The van der Waals surface area contributed by atoms with E-state index in [4.69, 9.17) is 4.99 Å². The van der Waals surface area contributed by atoms with Crippen LogP contribution in [0.1, 0.15) is 37.7 Å². The van der Waals surface area contributed by atoms with E-state index in [0.717, 1.165) is 5.92 Å². The molecule has 1 aliphatic heterocycles. The first-order valence-electron chi connectivity index (χ1n) is 6.05. The van der Waals surface area contributed by atoms with Crippen LogP contribution in [0.4, 0.5) is 0 Å². The Bertz CT molecular complexity index is 366. The monoisotopic (exact) mass is 199 g/mol. The molecule has 1 aliphatic carbocycles. The topological polar surface area (TPSA) is 12.4 Å². The highest BCUT2D eigenvalue weighted by molar-refractivity contribution is 6.01. The highest BCUT2D eigenvalue weighted by atomic mass is 14.9. The van der Waals surface area contributed by atoms with Crippen molar-refractivity contribution in [2.24, 2.45) is 10.9 Å². The Labute approximate surface area is 91.2 Å². The largest absolute Gasteiger partial charge is 0.286 e. The second-order valence-electron chi connectivity index (χ2n) is 4.76. The highest BCUT2D eigenvalue weighted by Gasteiger charge is 2.31. The van der Waals surface area contributed by atoms with Gasteiger partial charge in [0.15, 0.2) is 0 Å². The summed E-state index contributed by atoms with van der Waals surface area (Å²) < 4.78 is 0. The number of hydrogen-bond donors (Lipinski definition) is 0. The van der Waals surface area contributed by atoms with Crippen molar-refractivity contribution in [1.82, 2.24) is 0 Å². The first kappa shape index (κ1) is 9.14. The lowest BCUT2D eigenvalue weighted by Gasteiger charge is -2.22. The first-order valence-corrected chi connectivity index (χ1v) is 6.05. The van der Waals surface area contributed by atoms with Crippen molar-refractivity contribution in [3.63, 3.8) is 0 Å². The van der Waals surface area contributed by atoms with Crippen molar-refractivity contribution in [1.29, 1.82) is 0 Å². The molecule has 1 aromatic rings. The highest BCUT2D eigenvalue weighted by Crippen LogP contribution is 2.35. The molecule has 1 heterocycles. The zero-order chi connectivity index (χ0) is 10.1. The number of hydrogen-bond acceptors (Lipinski definition) is 1. The fourth-order valence-corrected chi connectivity index (χ4v) is 2.92. The molecule has 0 spiro atoms. The molecule has 0 radical (unpaired) electrons. The van der Waals surface area contributed by atoms with E-state index in [2.05, 4.69) is 30.3 Å². The Morgan fingerprint density at radius 2 is 1.80 bits per heavy atom. The summed E-state index contributed by atoms with van der Waals surface area (Å²) in [6.07, 6.45) is 6.73. The van der Waals surface area contributed by atoms with Gasteiger partial charge in [-0.2, -0.15) is 0 Å². The molecule has 1 nitrogen and oxygen atoms in total. The number of fused-ring (bicyclic) bond motifs is 1. The van der Waals surface area contributed by atoms with Gasteiger partial charge >= 0.3 is 0 Å². The molecule has 0 N–H and O–H groups in total. The predicted octanol–water partition coefficient (Wildman–Crippen LogP) is 3.44. The third-order valence-corrected chi connectivity index (χ3v) is 3.75. The SMILES string of the molecule is c1ccc(C2=N[C@@H]3CCCC[C@@H]3C2)cc1. The maximum Gasteiger partial charge on any atom is 0.0535 e. The normalized spacial score (nSPS) is 29.7. The fourth-order valence-electron chi connectivity index (χ4n) is 2.92. The van der Waals surface area contributed by atoms with E-state index in [9.17, 15) is 0 Å². The fraction of sp³-hybridized carbons (Fsp3) is 0.500. The summed E-state index contributed by atoms with van der Waals surface area (Å²) in [5.74, 6) is 0.856. The van der Waals surface area contributed by atoms with E-state index >= 15 is 0 Å². The second kappa shape index (κ2) is 3.80. The van der Waals surface area contributed by atoms with Gasteiger partial charge in [-0.25, -0.2) is 0 Å². The molecule has 1 fully saturated rings. The van der Waals surface area contributed by atoms with Gasteiger partial charge in [0, 0.05) is 5.71 Å². The van der Waals surface area contributed by atoms with Gasteiger partial charge in [-0.3, -0.25) is 4.99 Å². The predicted molar refractivity (Wildman–Crippen MR) is 63.3 cm³/mol. The summed E-state index contributed by atoms with van der Waals surface area (Å²) in [6.45, 7) is 0.